The summed E-state index contributed by atoms with van der Waals surface area (Å²) in [7, 11) is -2.32. The van der Waals surface area contributed by atoms with Crippen molar-refractivity contribution in [3.05, 3.63) is 52.4 Å². The average Bonchev–Trinajstić information content (AvgIpc) is 3.16. The molecule has 2 aromatic carbocycles. The number of hydrogen-bond acceptors (Lipinski definition) is 7. The van der Waals surface area contributed by atoms with E-state index in [2.05, 4.69) is 14.7 Å². The van der Waals surface area contributed by atoms with Crippen molar-refractivity contribution in [3.8, 4) is 17.0 Å². The largest absolute Gasteiger partial charge is 0.495 e. The molecular formula is C23H21ClN4O4S2. The van der Waals surface area contributed by atoms with E-state index in [4.69, 9.17) is 16.3 Å². The number of benzene rings is 2. The number of amidine groups is 1. The number of halogens is 1. The third kappa shape index (κ3) is 4.28. The van der Waals surface area contributed by atoms with Crippen LogP contribution in [0.2, 0.25) is 5.02 Å². The Bertz CT molecular complexity index is 1420. The second-order valence-electron chi connectivity index (χ2n) is 7.97. The standard InChI is InChI=1S/C23H21ClN4O4S2/c1-32-19-9-7-14(11-16(19)24)17-13-33-23(25-17)26-22(29)15-6-8-18-20(12-15)34(30,31)27-21-5-3-2-4-10-28(18)21/h6-9,11-13H,2-5,10H2,1H3,(H,25,26,29). The molecule has 2 aliphatic rings. The monoisotopic (exact) mass is 516 g/mol. The fourth-order valence-electron chi connectivity index (χ4n) is 4.08. The predicted octanol–water partition coefficient (Wildman–Crippen LogP) is 5.21. The number of methoxy groups -OCH3 is 1. The molecule has 1 N–H and O–H groups in total. The minimum absolute atomic E-state index is 0.0542. The van der Waals surface area contributed by atoms with Gasteiger partial charge >= 0.3 is 0 Å². The van der Waals surface area contributed by atoms with Crippen molar-refractivity contribution in [2.24, 2.45) is 4.40 Å². The minimum atomic E-state index is -3.87. The van der Waals surface area contributed by atoms with Gasteiger partial charge < -0.3 is 9.64 Å². The van der Waals surface area contributed by atoms with Crippen molar-refractivity contribution < 1.29 is 17.9 Å². The number of fused-ring (bicyclic) bond motifs is 3. The SMILES string of the molecule is COc1ccc(-c2csc(NC(=O)c3ccc4c(c3)S(=O)(=O)N=C3CCCCCN34)n2)cc1Cl. The van der Waals surface area contributed by atoms with E-state index < -0.39 is 15.9 Å². The summed E-state index contributed by atoms with van der Waals surface area (Å²) in [5, 5.41) is 5.41. The van der Waals surface area contributed by atoms with E-state index >= 15 is 0 Å². The number of rotatable bonds is 4. The maximum Gasteiger partial charge on any atom is 0.286 e. The summed E-state index contributed by atoms with van der Waals surface area (Å²) < 4.78 is 34.9. The number of thiazole rings is 1. The fraction of sp³-hybridized carbons (Fsp3) is 0.261. The lowest BCUT2D eigenvalue weighted by Crippen LogP contribution is -2.35. The lowest BCUT2D eigenvalue weighted by molar-refractivity contribution is 0.102. The van der Waals surface area contributed by atoms with Crippen LogP contribution in [-0.4, -0.2) is 38.8 Å². The number of aromatic nitrogens is 1. The number of amides is 1. The smallest absolute Gasteiger partial charge is 0.286 e. The molecule has 5 rings (SSSR count). The van der Waals surface area contributed by atoms with Gasteiger partial charge in [0.2, 0.25) is 0 Å². The molecule has 0 unspecified atom stereocenters. The normalized spacial score (nSPS) is 16.6. The van der Waals surface area contributed by atoms with Crippen LogP contribution in [0.15, 0.2) is 51.1 Å². The Morgan fingerprint density at radius 3 is 2.82 bits per heavy atom. The van der Waals surface area contributed by atoms with Crippen LogP contribution in [-0.2, 0) is 10.0 Å². The molecular weight excluding hydrogens is 496 g/mol. The summed E-state index contributed by atoms with van der Waals surface area (Å²) in [6, 6.07) is 10.0. The molecule has 3 aromatic rings. The van der Waals surface area contributed by atoms with Crippen LogP contribution >= 0.6 is 22.9 Å². The number of carbonyl (C=O) groups excluding carboxylic acids is 1. The molecule has 1 saturated heterocycles. The van der Waals surface area contributed by atoms with Gasteiger partial charge in [-0.1, -0.05) is 18.0 Å². The van der Waals surface area contributed by atoms with Gasteiger partial charge in [-0.05, 0) is 49.2 Å². The average molecular weight is 517 g/mol. The van der Waals surface area contributed by atoms with Gasteiger partial charge in [-0.25, -0.2) is 4.98 Å². The number of hydrogen-bond donors (Lipinski definition) is 1. The van der Waals surface area contributed by atoms with Gasteiger partial charge in [-0.15, -0.1) is 15.7 Å². The number of sulfonamides is 1. The Kier molecular flexibility index (Phi) is 6.05. The molecule has 1 amide bonds. The zero-order valence-corrected chi connectivity index (χ0v) is 20.6. The molecule has 0 aliphatic carbocycles. The molecule has 1 aromatic heterocycles. The third-order valence-electron chi connectivity index (χ3n) is 5.78. The maximum atomic E-state index is 12.9. The van der Waals surface area contributed by atoms with Gasteiger partial charge in [0.1, 0.15) is 16.5 Å². The molecule has 2 aliphatic heterocycles. The number of carbonyl (C=O) groups is 1. The van der Waals surface area contributed by atoms with E-state index in [9.17, 15) is 13.2 Å². The Balaban J connectivity index is 1.39. The van der Waals surface area contributed by atoms with Gasteiger partial charge in [0, 0.05) is 29.5 Å². The molecule has 11 heteroatoms. The highest BCUT2D eigenvalue weighted by Gasteiger charge is 2.32. The zero-order valence-electron chi connectivity index (χ0n) is 18.2. The van der Waals surface area contributed by atoms with Gasteiger partial charge in [-0.2, -0.15) is 8.42 Å². The van der Waals surface area contributed by atoms with E-state index in [0.29, 0.717) is 46.1 Å². The zero-order chi connectivity index (χ0) is 23.9. The summed E-state index contributed by atoms with van der Waals surface area (Å²) in [4.78, 5) is 19.4. The van der Waals surface area contributed by atoms with E-state index in [0.717, 1.165) is 24.8 Å². The summed E-state index contributed by atoms with van der Waals surface area (Å²) in [5.41, 5.74) is 2.24. The molecule has 3 heterocycles. The maximum absolute atomic E-state index is 12.9. The summed E-state index contributed by atoms with van der Waals surface area (Å²) in [6.07, 6.45) is 3.54. The molecule has 176 valence electrons. The van der Waals surface area contributed by atoms with Gasteiger partial charge in [0.25, 0.3) is 15.9 Å². The van der Waals surface area contributed by atoms with E-state index in [1.165, 1.54) is 17.4 Å². The summed E-state index contributed by atoms with van der Waals surface area (Å²) in [5.74, 6) is 0.696. The Labute approximate surface area is 206 Å². The third-order valence-corrected chi connectivity index (χ3v) is 8.17. The predicted molar refractivity (Wildman–Crippen MR) is 134 cm³/mol. The van der Waals surface area contributed by atoms with Crippen molar-refractivity contribution in [1.29, 1.82) is 0 Å². The van der Waals surface area contributed by atoms with Crippen LogP contribution in [0.25, 0.3) is 11.3 Å². The molecule has 0 bridgehead atoms. The number of nitrogens with zero attached hydrogens (tertiary/aromatic N) is 3. The van der Waals surface area contributed by atoms with Gasteiger partial charge in [0.15, 0.2) is 5.13 Å². The molecule has 0 spiro atoms. The van der Waals surface area contributed by atoms with Crippen molar-refractivity contribution in [2.45, 2.75) is 30.6 Å². The van der Waals surface area contributed by atoms with Crippen LogP contribution in [0.1, 0.15) is 36.0 Å². The highest BCUT2D eigenvalue weighted by Crippen LogP contribution is 2.36. The number of anilines is 2. The first-order chi connectivity index (χ1) is 16.4. The first-order valence-electron chi connectivity index (χ1n) is 10.7. The summed E-state index contributed by atoms with van der Waals surface area (Å²) in [6.45, 7) is 0.712. The fourth-order valence-corrected chi connectivity index (χ4v) is 6.34. The lowest BCUT2D eigenvalue weighted by Gasteiger charge is -2.29. The van der Waals surface area contributed by atoms with E-state index in [-0.39, 0.29) is 10.5 Å². The Morgan fingerprint density at radius 1 is 1.18 bits per heavy atom. The molecule has 0 atom stereocenters. The van der Waals surface area contributed by atoms with Crippen LogP contribution < -0.4 is 15.0 Å². The Hall–Kier alpha value is -2.95. The number of ether oxygens (including phenoxy) is 1. The quantitative estimate of drug-likeness (QED) is 0.511. The first-order valence-corrected chi connectivity index (χ1v) is 13.4. The van der Waals surface area contributed by atoms with Crippen LogP contribution in [0.3, 0.4) is 0 Å². The molecule has 0 radical (unpaired) electrons. The molecule has 8 nitrogen and oxygen atoms in total. The van der Waals surface area contributed by atoms with Crippen molar-refractivity contribution in [3.63, 3.8) is 0 Å². The first kappa shape index (κ1) is 22.8. The molecule has 0 saturated carbocycles. The van der Waals surface area contributed by atoms with Gasteiger partial charge in [-0.3, -0.25) is 10.1 Å². The molecule has 1 fully saturated rings. The van der Waals surface area contributed by atoms with Crippen molar-refractivity contribution in [1.82, 2.24) is 4.98 Å². The van der Waals surface area contributed by atoms with E-state index in [1.54, 1.807) is 36.8 Å². The van der Waals surface area contributed by atoms with Crippen molar-refractivity contribution in [2.75, 3.05) is 23.9 Å². The Morgan fingerprint density at radius 2 is 2.03 bits per heavy atom. The highest BCUT2D eigenvalue weighted by molar-refractivity contribution is 7.90. The summed E-state index contributed by atoms with van der Waals surface area (Å²) >= 11 is 7.47. The second kappa shape index (κ2) is 9.01. The molecule has 34 heavy (non-hydrogen) atoms. The minimum Gasteiger partial charge on any atom is -0.495 e. The van der Waals surface area contributed by atoms with E-state index in [1.807, 2.05) is 11.0 Å². The topological polar surface area (TPSA) is 101 Å². The highest BCUT2D eigenvalue weighted by atomic mass is 35.5. The number of nitrogens with one attached hydrogen (secondary N) is 1. The van der Waals surface area contributed by atoms with Gasteiger partial charge in [0.05, 0.1) is 23.5 Å². The van der Waals surface area contributed by atoms with Crippen molar-refractivity contribution >= 4 is 55.5 Å². The second-order valence-corrected chi connectivity index (χ2v) is 10.8. The van der Waals surface area contributed by atoms with Crippen LogP contribution in [0.4, 0.5) is 10.8 Å². The lowest BCUT2D eigenvalue weighted by atomic mass is 10.1. The van der Waals surface area contributed by atoms with Crippen LogP contribution in [0, 0.1) is 0 Å². The van der Waals surface area contributed by atoms with Crippen LogP contribution in [0.5, 0.6) is 5.75 Å².